The Morgan fingerprint density at radius 1 is 1.22 bits per heavy atom. The fourth-order valence-electron chi connectivity index (χ4n) is 7.17. The largest absolute Gasteiger partial charge is 0.458 e. The summed E-state index contributed by atoms with van der Waals surface area (Å²) in [5, 5.41) is 15.8. The molecular weight excluding hydrogens is 461 g/mol. The molecule has 8 heteroatoms. The van der Waals surface area contributed by atoms with Crippen molar-refractivity contribution >= 4 is 16.9 Å². The number of cyclic esters (lactones) is 1. The number of rotatable bonds is 1. The summed E-state index contributed by atoms with van der Waals surface area (Å²) in [7, 11) is 0. The molecule has 3 aromatic rings. The van der Waals surface area contributed by atoms with E-state index in [0.29, 0.717) is 40.1 Å². The monoisotopic (exact) mass is 489 g/mol. The highest BCUT2D eigenvalue weighted by molar-refractivity contribution is 5.94. The molecule has 1 aromatic carbocycles. The summed E-state index contributed by atoms with van der Waals surface area (Å²) in [6.07, 6.45) is 3.90. The number of carbonyl (C=O) groups is 1. The predicted octanol–water partition coefficient (Wildman–Crippen LogP) is 3.09. The topological polar surface area (TPSA) is 93.5 Å². The minimum absolute atomic E-state index is 0.0909. The van der Waals surface area contributed by atoms with Crippen LogP contribution in [0.15, 0.2) is 16.9 Å². The number of ether oxygens (including phenoxy) is 1. The number of hydrogen-bond donors (Lipinski definition) is 2. The first-order chi connectivity index (χ1) is 17.3. The molecule has 1 aliphatic carbocycles. The van der Waals surface area contributed by atoms with E-state index in [-0.39, 0.29) is 29.8 Å². The van der Waals surface area contributed by atoms with Crippen molar-refractivity contribution in [3.63, 3.8) is 0 Å². The van der Waals surface area contributed by atoms with Gasteiger partial charge in [-0.1, -0.05) is 6.92 Å². The first-order valence-electron chi connectivity index (χ1n) is 12.8. The van der Waals surface area contributed by atoms with E-state index >= 15 is 4.39 Å². The van der Waals surface area contributed by atoms with Crippen LogP contribution in [0.3, 0.4) is 0 Å². The van der Waals surface area contributed by atoms with E-state index in [9.17, 15) is 14.7 Å². The summed E-state index contributed by atoms with van der Waals surface area (Å²) in [5.74, 6) is -1.01. The van der Waals surface area contributed by atoms with Gasteiger partial charge in [0.25, 0.3) is 5.56 Å². The summed E-state index contributed by atoms with van der Waals surface area (Å²) < 4.78 is 21.9. The van der Waals surface area contributed by atoms with Gasteiger partial charge in [0.2, 0.25) is 0 Å². The lowest BCUT2D eigenvalue weighted by Gasteiger charge is -2.43. The Kier molecular flexibility index (Phi) is 4.44. The first kappa shape index (κ1) is 22.1. The maximum atomic E-state index is 15.0. The van der Waals surface area contributed by atoms with E-state index in [1.54, 1.807) is 17.6 Å². The van der Waals surface area contributed by atoms with Crippen molar-refractivity contribution in [3.8, 4) is 11.4 Å². The maximum absolute atomic E-state index is 15.0. The number of nitrogens with zero attached hydrogens (tertiary/aromatic N) is 2. The number of fused-ring (bicyclic) bond motifs is 6. The van der Waals surface area contributed by atoms with Crippen LogP contribution < -0.4 is 10.9 Å². The molecule has 2 N–H and O–H groups in total. The number of benzene rings is 1. The third kappa shape index (κ3) is 2.61. The van der Waals surface area contributed by atoms with Crippen molar-refractivity contribution in [2.24, 2.45) is 0 Å². The summed E-state index contributed by atoms with van der Waals surface area (Å²) in [6.45, 7) is 5.56. The molecule has 2 atom stereocenters. The van der Waals surface area contributed by atoms with E-state index in [0.717, 1.165) is 55.3 Å². The van der Waals surface area contributed by atoms with Gasteiger partial charge in [0.05, 0.1) is 29.0 Å². The lowest BCUT2D eigenvalue weighted by molar-refractivity contribution is -0.172. The summed E-state index contributed by atoms with van der Waals surface area (Å²) >= 11 is 0. The van der Waals surface area contributed by atoms with E-state index in [1.165, 1.54) is 11.6 Å². The molecule has 4 aliphatic rings. The van der Waals surface area contributed by atoms with Gasteiger partial charge in [0.15, 0.2) is 5.60 Å². The van der Waals surface area contributed by atoms with Gasteiger partial charge >= 0.3 is 5.97 Å². The second-order valence-corrected chi connectivity index (χ2v) is 10.8. The Hall–Kier alpha value is -3.10. The number of aliphatic hydroxyl groups is 1. The Morgan fingerprint density at radius 2 is 2.06 bits per heavy atom. The lowest BCUT2D eigenvalue weighted by atomic mass is 9.64. The highest BCUT2D eigenvalue weighted by atomic mass is 19.1. The number of piperidine rings is 1. The van der Waals surface area contributed by atoms with Crippen LogP contribution in [-0.2, 0) is 40.1 Å². The number of nitrogens with one attached hydrogen (secondary N) is 1. The quantitative estimate of drug-likeness (QED) is 0.399. The van der Waals surface area contributed by atoms with Crippen molar-refractivity contribution in [1.82, 2.24) is 14.9 Å². The molecule has 7 rings (SSSR count). The molecule has 2 aromatic heterocycles. The Balaban J connectivity index is 1.57. The standard InChI is InChI=1S/C28H28FN3O4/c1-3-28(35)18-9-21-24-16(11-32(21)25(33)17(18)12-36-26(28)34)23-22-15(14(2)19(29)10-20(22)31-24)5-7-27(23)6-4-8-30-13-27/h9-10,30,35H,3-8,11-13H2,1-2H3/t27-,28-/m0/s1. The van der Waals surface area contributed by atoms with Crippen LogP contribution in [0.4, 0.5) is 4.39 Å². The van der Waals surface area contributed by atoms with Gasteiger partial charge in [0, 0.05) is 34.5 Å². The lowest BCUT2D eigenvalue weighted by Crippen LogP contribution is -2.46. The molecule has 5 heterocycles. The van der Waals surface area contributed by atoms with Crippen LogP contribution in [0.5, 0.6) is 0 Å². The zero-order valence-electron chi connectivity index (χ0n) is 20.5. The Labute approximate surface area is 207 Å². The zero-order valence-corrected chi connectivity index (χ0v) is 20.5. The smallest absolute Gasteiger partial charge is 0.343 e. The molecule has 3 aliphatic heterocycles. The maximum Gasteiger partial charge on any atom is 0.343 e. The fourth-order valence-corrected chi connectivity index (χ4v) is 7.17. The van der Waals surface area contributed by atoms with Crippen molar-refractivity contribution in [3.05, 3.63) is 61.7 Å². The molecule has 1 fully saturated rings. The average Bonchev–Trinajstić information content (AvgIpc) is 3.25. The van der Waals surface area contributed by atoms with Crippen LogP contribution in [0.25, 0.3) is 22.3 Å². The van der Waals surface area contributed by atoms with Crippen LogP contribution in [0, 0.1) is 12.7 Å². The predicted molar refractivity (Wildman–Crippen MR) is 131 cm³/mol. The Morgan fingerprint density at radius 3 is 2.81 bits per heavy atom. The van der Waals surface area contributed by atoms with Crippen LogP contribution in [0.1, 0.15) is 66.0 Å². The normalized spacial score (nSPS) is 26.1. The summed E-state index contributed by atoms with van der Waals surface area (Å²) in [5.41, 5.74) is 4.08. The number of halogens is 1. The second kappa shape index (κ2) is 7.23. The zero-order chi connectivity index (χ0) is 25.0. The molecule has 0 amide bonds. The number of hydrogen-bond acceptors (Lipinski definition) is 6. The molecule has 0 radical (unpaired) electrons. The van der Waals surface area contributed by atoms with Crippen LogP contribution >= 0.6 is 0 Å². The van der Waals surface area contributed by atoms with Crippen molar-refractivity contribution in [2.75, 3.05) is 13.1 Å². The molecule has 0 bridgehead atoms. The molecule has 0 unspecified atom stereocenters. The molecule has 1 spiro atoms. The number of aromatic nitrogens is 2. The summed E-state index contributed by atoms with van der Waals surface area (Å²) in [6, 6.07) is 3.25. The minimum Gasteiger partial charge on any atom is -0.458 e. The van der Waals surface area contributed by atoms with Gasteiger partial charge in [-0.3, -0.25) is 4.79 Å². The van der Waals surface area contributed by atoms with Crippen molar-refractivity contribution in [1.29, 1.82) is 0 Å². The van der Waals surface area contributed by atoms with Gasteiger partial charge < -0.3 is 19.7 Å². The van der Waals surface area contributed by atoms with E-state index in [2.05, 4.69) is 5.32 Å². The number of esters is 1. The van der Waals surface area contributed by atoms with Gasteiger partial charge in [-0.2, -0.15) is 0 Å². The molecule has 186 valence electrons. The van der Waals surface area contributed by atoms with Crippen molar-refractivity contribution in [2.45, 2.75) is 70.1 Å². The molecule has 0 saturated carbocycles. The van der Waals surface area contributed by atoms with E-state index in [4.69, 9.17) is 9.72 Å². The Bertz CT molecular complexity index is 1570. The third-order valence-corrected chi connectivity index (χ3v) is 9.16. The van der Waals surface area contributed by atoms with Crippen LogP contribution in [-0.4, -0.2) is 33.7 Å². The van der Waals surface area contributed by atoms with Crippen molar-refractivity contribution < 1.29 is 19.0 Å². The minimum atomic E-state index is -1.87. The van der Waals surface area contributed by atoms with Crippen LogP contribution in [0.2, 0.25) is 0 Å². The first-order valence-corrected chi connectivity index (χ1v) is 12.8. The SMILES string of the molecule is CC[C@@]1(O)C(=O)OCc2c1cc1n(c2=O)Cc2c-1nc1cc(F)c(C)c3c1c2[C@@]1(CCCNC1)CC3. The second-order valence-electron chi connectivity index (χ2n) is 10.8. The molecular formula is C28H28FN3O4. The van der Waals surface area contributed by atoms with Gasteiger partial charge in [-0.15, -0.1) is 0 Å². The summed E-state index contributed by atoms with van der Waals surface area (Å²) in [4.78, 5) is 31.2. The van der Waals surface area contributed by atoms with E-state index < -0.39 is 11.6 Å². The third-order valence-electron chi connectivity index (χ3n) is 9.16. The highest BCUT2D eigenvalue weighted by Crippen LogP contribution is 2.50. The molecule has 1 saturated heterocycles. The molecule has 36 heavy (non-hydrogen) atoms. The molecule has 7 nitrogen and oxygen atoms in total. The highest BCUT2D eigenvalue weighted by Gasteiger charge is 2.47. The van der Waals surface area contributed by atoms with Gasteiger partial charge in [0.1, 0.15) is 12.4 Å². The fraction of sp³-hybridized carbons (Fsp3) is 0.464. The number of carbonyl (C=O) groups excluding carboxylic acids is 1. The average molecular weight is 490 g/mol. The van der Waals surface area contributed by atoms with E-state index in [1.807, 2.05) is 6.92 Å². The number of pyridine rings is 2. The van der Waals surface area contributed by atoms with Gasteiger partial charge in [-0.25, -0.2) is 14.2 Å². The van der Waals surface area contributed by atoms with Gasteiger partial charge in [-0.05, 0) is 68.3 Å². The number of aryl methyl sites for hydroxylation is 1.